The lowest BCUT2D eigenvalue weighted by molar-refractivity contribution is -0.138. The molecule has 3 aromatic rings. The van der Waals surface area contributed by atoms with E-state index in [1.54, 1.807) is 23.9 Å². The molecule has 1 unspecified atom stereocenters. The van der Waals surface area contributed by atoms with Crippen LogP contribution in [0.3, 0.4) is 0 Å². The van der Waals surface area contributed by atoms with E-state index in [0.717, 1.165) is 16.9 Å². The molecule has 1 atom stereocenters. The highest BCUT2D eigenvalue weighted by Gasteiger charge is 2.36. The minimum atomic E-state index is -0.628. The number of thioether (sulfide) groups is 1. The van der Waals surface area contributed by atoms with Crippen LogP contribution >= 0.6 is 50.9 Å². The molecule has 0 fully saturated rings. The topological polar surface area (TPSA) is 87.5 Å². The molecule has 0 saturated heterocycles. The lowest BCUT2D eigenvalue weighted by Crippen LogP contribution is -2.29. The molecule has 0 radical (unpaired) electrons. The zero-order valence-corrected chi connectivity index (χ0v) is 24.8. The molecule has 0 bridgehead atoms. The number of aromatic nitrogens is 3. The average molecular weight is 640 g/mol. The highest BCUT2D eigenvalue weighted by Crippen LogP contribution is 2.43. The van der Waals surface area contributed by atoms with Crippen molar-refractivity contribution in [2.24, 2.45) is 0 Å². The fourth-order valence-electron chi connectivity index (χ4n) is 3.93. The van der Waals surface area contributed by atoms with Crippen molar-refractivity contribution in [2.75, 3.05) is 24.8 Å². The number of hydrogen-bond donors (Lipinski definition) is 1. The van der Waals surface area contributed by atoms with E-state index in [9.17, 15) is 4.79 Å². The van der Waals surface area contributed by atoms with Crippen LogP contribution in [0.4, 0.5) is 5.95 Å². The summed E-state index contributed by atoms with van der Waals surface area (Å²) in [5.41, 5.74) is 2.58. The zero-order chi connectivity index (χ0) is 27.4. The van der Waals surface area contributed by atoms with Gasteiger partial charge in [0, 0.05) is 5.70 Å². The van der Waals surface area contributed by atoms with Crippen LogP contribution in [-0.2, 0) is 16.1 Å². The third-order valence-corrected chi connectivity index (χ3v) is 7.64. The number of halogens is 3. The molecule has 0 amide bonds. The molecule has 200 valence electrons. The SMILES string of the molecule is C=CCOC(=O)C1=C(C)Nc2nc(SCC)nn2C1c1cc(Br)c(OCc2ccc(Cl)c(Cl)c2)c(OC)c1. The van der Waals surface area contributed by atoms with Gasteiger partial charge >= 0.3 is 5.97 Å². The van der Waals surface area contributed by atoms with E-state index < -0.39 is 12.0 Å². The molecule has 0 aliphatic carbocycles. The molecule has 12 heteroatoms. The van der Waals surface area contributed by atoms with Gasteiger partial charge in [-0.05, 0) is 64.0 Å². The van der Waals surface area contributed by atoms with Gasteiger partial charge in [-0.15, -0.1) is 5.10 Å². The van der Waals surface area contributed by atoms with Crippen molar-refractivity contribution < 1.29 is 19.0 Å². The van der Waals surface area contributed by atoms with Crippen LogP contribution in [0.1, 0.15) is 31.0 Å². The van der Waals surface area contributed by atoms with E-state index in [1.807, 2.05) is 32.0 Å². The molecule has 0 saturated carbocycles. The molecule has 2 heterocycles. The summed E-state index contributed by atoms with van der Waals surface area (Å²) in [7, 11) is 1.55. The summed E-state index contributed by atoms with van der Waals surface area (Å²) in [5.74, 6) is 1.81. The van der Waals surface area contributed by atoms with Crippen molar-refractivity contribution in [3.8, 4) is 11.5 Å². The summed E-state index contributed by atoms with van der Waals surface area (Å²) in [4.78, 5) is 17.8. The fourth-order valence-corrected chi connectivity index (χ4v) is 5.38. The van der Waals surface area contributed by atoms with E-state index in [4.69, 9.17) is 37.4 Å². The van der Waals surface area contributed by atoms with Gasteiger partial charge in [0.05, 0.1) is 27.2 Å². The van der Waals surface area contributed by atoms with Crippen molar-refractivity contribution >= 4 is 62.8 Å². The number of ether oxygens (including phenoxy) is 3. The highest BCUT2D eigenvalue weighted by molar-refractivity contribution is 9.10. The first kappa shape index (κ1) is 28.4. The first-order valence-electron chi connectivity index (χ1n) is 11.6. The maximum Gasteiger partial charge on any atom is 0.338 e. The molecule has 1 aromatic heterocycles. The van der Waals surface area contributed by atoms with Gasteiger partial charge in [-0.3, -0.25) is 0 Å². The summed E-state index contributed by atoms with van der Waals surface area (Å²) < 4.78 is 19.5. The standard InChI is InChI=1S/C26H25BrCl2N4O4S/c1-5-9-36-24(34)21-14(3)30-25-31-26(38-6-2)32-33(25)22(21)16-11-17(27)23(20(12-16)35-4)37-13-15-7-8-18(28)19(29)10-15/h5,7-8,10-12,22H,1,6,9,13H2,2-4H3,(H,30,31,32). The number of rotatable bonds is 10. The Balaban J connectivity index is 1.75. The van der Waals surface area contributed by atoms with Gasteiger partial charge < -0.3 is 19.5 Å². The maximum atomic E-state index is 13.2. The van der Waals surface area contributed by atoms with Gasteiger partial charge in [0.2, 0.25) is 11.1 Å². The molecule has 1 N–H and O–H groups in total. The third kappa shape index (κ3) is 5.98. The van der Waals surface area contributed by atoms with Gasteiger partial charge in [-0.1, -0.05) is 60.6 Å². The quantitative estimate of drug-likeness (QED) is 0.143. The molecule has 8 nitrogen and oxygen atoms in total. The zero-order valence-electron chi connectivity index (χ0n) is 20.9. The molecular weight excluding hydrogens is 615 g/mol. The van der Waals surface area contributed by atoms with E-state index >= 15 is 0 Å². The fraction of sp³-hybridized carbons (Fsp3) is 0.269. The van der Waals surface area contributed by atoms with Crippen LogP contribution in [-0.4, -0.2) is 40.2 Å². The van der Waals surface area contributed by atoms with Crippen LogP contribution in [0, 0.1) is 0 Å². The van der Waals surface area contributed by atoms with Crippen LogP contribution in [0.15, 0.2) is 63.9 Å². The normalized spacial score (nSPS) is 14.5. The summed E-state index contributed by atoms with van der Waals surface area (Å²) in [6.45, 7) is 7.79. The van der Waals surface area contributed by atoms with Crippen LogP contribution in [0.5, 0.6) is 11.5 Å². The number of carbonyl (C=O) groups is 1. The highest BCUT2D eigenvalue weighted by atomic mass is 79.9. The third-order valence-electron chi connectivity index (χ3n) is 5.59. The van der Waals surface area contributed by atoms with Gasteiger partial charge in [-0.2, -0.15) is 4.98 Å². The number of hydrogen-bond acceptors (Lipinski definition) is 8. The van der Waals surface area contributed by atoms with Crippen molar-refractivity contribution in [2.45, 2.75) is 31.7 Å². The number of fused-ring (bicyclic) bond motifs is 1. The Morgan fingerprint density at radius 1 is 1.29 bits per heavy atom. The Kier molecular flexibility index (Phi) is 9.30. The van der Waals surface area contributed by atoms with Crippen molar-refractivity contribution in [1.29, 1.82) is 0 Å². The first-order chi connectivity index (χ1) is 18.3. The minimum Gasteiger partial charge on any atom is -0.493 e. The molecule has 4 rings (SSSR count). The maximum absolute atomic E-state index is 13.2. The van der Waals surface area contributed by atoms with Gasteiger partial charge in [0.25, 0.3) is 0 Å². The van der Waals surface area contributed by atoms with Gasteiger partial charge in [-0.25, -0.2) is 9.48 Å². The predicted octanol–water partition coefficient (Wildman–Crippen LogP) is 7.07. The van der Waals surface area contributed by atoms with Crippen molar-refractivity contribution in [1.82, 2.24) is 14.8 Å². The lowest BCUT2D eigenvalue weighted by Gasteiger charge is -2.28. The molecule has 2 aromatic carbocycles. The number of methoxy groups -OCH3 is 1. The smallest absolute Gasteiger partial charge is 0.338 e. The second-order valence-electron chi connectivity index (χ2n) is 8.12. The predicted molar refractivity (Wildman–Crippen MR) is 154 cm³/mol. The Hall–Kier alpha value is -2.66. The first-order valence-corrected chi connectivity index (χ1v) is 14.1. The van der Waals surface area contributed by atoms with Crippen molar-refractivity contribution in [3.05, 3.63) is 79.9 Å². The largest absolute Gasteiger partial charge is 0.493 e. The second kappa shape index (κ2) is 12.5. The number of nitrogens with zero attached hydrogens (tertiary/aromatic N) is 3. The van der Waals surface area contributed by atoms with E-state index in [-0.39, 0.29) is 13.2 Å². The van der Waals surface area contributed by atoms with Crippen LogP contribution < -0.4 is 14.8 Å². The van der Waals surface area contributed by atoms with Crippen molar-refractivity contribution in [3.63, 3.8) is 0 Å². The van der Waals surface area contributed by atoms with Crippen LogP contribution in [0.25, 0.3) is 0 Å². The number of anilines is 1. The summed E-state index contributed by atoms with van der Waals surface area (Å²) >= 11 is 17.3. The lowest BCUT2D eigenvalue weighted by atomic mass is 9.95. The monoisotopic (exact) mass is 638 g/mol. The molecular formula is C26H25BrCl2N4O4S. The number of carbonyl (C=O) groups excluding carboxylic acids is 1. The second-order valence-corrected chi connectivity index (χ2v) is 11.0. The van der Waals surface area contributed by atoms with E-state index in [2.05, 4.69) is 37.9 Å². The average Bonchev–Trinajstić information content (AvgIpc) is 3.29. The number of nitrogens with one attached hydrogen (secondary N) is 1. The van der Waals surface area contributed by atoms with E-state index in [0.29, 0.717) is 48.4 Å². The molecule has 38 heavy (non-hydrogen) atoms. The Morgan fingerprint density at radius 3 is 2.76 bits per heavy atom. The van der Waals surface area contributed by atoms with Crippen LogP contribution in [0.2, 0.25) is 10.0 Å². The minimum absolute atomic E-state index is 0.0813. The number of esters is 1. The van der Waals surface area contributed by atoms with Gasteiger partial charge in [0.15, 0.2) is 11.5 Å². The Morgan fingerprint density at radius 2 is 2.08 bits per heavy atom. The number of benzene rings is 2. The van der Waals surface area contributed by atoms with E-state index in [1.165, 1.54) is 17.8 Å². The molecule has 1 aliphatic heterocycles. The molecule has 1 aliphatic rings. The van der Waals surface area contributed by atoms with Gasteiger partial charge in [0.1, 0.15) is 19.3 Å². The Labute approximate surface area is 243 Å². The number of allylic oxidation sites excluding steroid dienone is 1. The summed E-state index contributed by atoms with van der Waals surface area (Å²) in [6, 6.07) is 8.37. The Bertz CT molecular complexity index is 1410. The summed E-state index contributed by atoms with van der Waals surface area (Å²) in [6.07, 6.45) is 1.52. The molecule has 0 spiro atoms. The summed E-state index contributed by atoms with van der Waals surface area (Å²) in [5, 5.41) is 9.38.